The Morgan fingerprint density at radius 3 is 2.61 bits per heavy atom. The van der Waals surface area contributed by atoms with Crippen molar-refractivity contribution < 1.29 is 0 Å². The van der Waals surface area contributed by atoms with Crippen LogP contribution >= 0.6 is 11.8 Å². The predicted molar refractivity (Wildman–Crippen MR) is 79.9 cm³/mol. The fourth-order valence-electron chi connectivity index (χ4n) is 3.31. The maximum Gasteiger partial charge on any atom is 0.00758 e. The SMILES string of the molecule is NC(CC1CCSCC1)C1CC1c1ccccc1. The van der Waals surface area contributed by atoms with Gasteiger partial charge >= 0.3 is 0 Å². The highest BCUT2D eigenvalue weighted by molar-refractivity contribution is 7.99. The highest BCUT2D eigenvalue weighted by Gasteiger charge is 2.42. The van der Waals surface area contributed by atoms with E-state index >= 15 is 0 Å². The van der Waals surface area contributed by atoms with Crippen LogP contribution in [0.15, 0.2) is 30.3 Å². The molecular formula is C16H23NS. The molecule has 3 unspecified atom stereocenters. The van der Waals surface area contributed by atoms with Gasteiger partial charge in [0.25, 0.3) is 0 Å². The zero-order chi connectivity index (χ0) is 12.4. The van der Waals surface area contributed by atoms with E-state index in [4.69, 9.17) is 5.73 Å². The average Bonchev–Trinajstić information content (AvgIpc) is 3.21. The first-order valence-electron chi connectivity index (χ1n) is 7.23. The van der Waals surface area contributed by atoms with E-state index in [-0.39, 0.29) is 0 Å². The van der Waals surface area contributed by atoms with Crippen molar-refractivity contribution in [2.24, 2.45) is 17.6 Å². The summed E-state index contributed by atoms with van der Waals surface area (Å²) in [5.74, 6) is 5.10. The molecule has 3 rings (SSSR count). The van der Waals surface area contributed by atoms with E-state index in [1.807, 2.05) is 0 Å². The Hall–Kier alpha value is -0.470. The van der Waals surface area contributed by atoms with Crippen LogP contribution in [0.4, 0.5) is 0 Å². The molecule has 0 aromatic heterocycles. The Bertz CT molecular complexity index is 372. The van der Waals surface area contributed by atoms with Gasteiger partial charge in [-0.3, -0.25) is 0 Å². The van der Waals surface area contributed by atoms with Crippen LogP contribution in [0.25, 0.3) is 0 Å². The van der Waals surface area contributed by atoms with Crippen molar-refractivity contribution in [3.8, 4) is 0 Å². The molecule has 2 aliphatic rings. The summed E-state index contributed by atoms with van der Waals surface area (Å²) in [6, 6.07) is 11.3. The van der Waals surface area contributed by atoms with Gasteiger partial charge in [-0.1, -0.05) is 30.3 Å². The van der Waals surface area contributed by atoms with Gasteiger partial charge < -0.3 is 5.73 Å². The predicted octanol–water partition coefficient (Wildman–Crippen LogP) is 3.65. The molecule has 1 heterocycles. The molecule has 1 saturated carbocycles. The molecule has 1 aliphatic carbocycles. The lowest BCUT2D eigenvalue weighted by atomic mass is 9.91. The van der Waals surface area contributed by atoms with E-state index in [1.54, 1.807) is 0 Å². The van der Waals surface area contributed by atoms with E-state index in [0.717, 1.165) is 17.8 Å². The first kappa shape index (κ1) is 12.6. The maximum atomic E-state index is 6.43. The molecule has 1 aromatic rings. The highest BCUT2D eigenvalue weighted by atomic mass is 32.2. The largest absolute Gasteiger partial charge is 0.327 e. The fourth-order valence-corrected chi connectivity index (χ4v) is 4.52. The summed E-state index contributed by atoms with van der Waals surface area (Å²) in [6.07, 6.45) is 5.35. The third-order valence-electron chi connectivity index (χ3n) is 4.56. The van der Waals surface area contributed by atoms with Gasteiger partial charge in [0.15, 0.2) is 0 Å². The summed E-state index contributed by atoms with van der Waals surface area (Å²) in [5, 5.41) is 0. The zero-order valence-electron chi connectivity index (χ0n) is 10.9. The highest BCUT2D eigenvalue weighted by Crippen LogP contribution is 2.50. The molecular weight excluding hydrogens is 238 g/mol. The Morgan fingerprint density at radius 1 is 1.17 bits per heavy atom. The monoisotopic (exact) mass is 261 g/mol. The summed E-state index contributed by atoms with van der Waals surface area (Å²) >= 11 is 2.11. The van der Waals surface area contributed by atoms with Crippen LogP contribution < -0.4 is 5.73 Å². The van der Waals surface area contributed by atoms with Crippen LogP contribution in [0.3, 0.4) is 0 Å². The van der Waals surface area contributed by atoms with Crippen molar-refractivity contribution in [1.29, 1.82) is 0 Å². The molecule has 0 bridgehead atoms. The smallest absolute Gasteiger partial charge is 0.00758 e. The molecule has 98 valence electrons. The standard InChI is InChI=1S/C16H23NS/c17-16(10-12-6-8-18-9-7-12)15-11-14(15)13-4-2-1-3-5-13/h1-5,12,14-16H,6-11,17H2. The fraction of sp³-hybridized carbons (Fsp3) is 0.625. The lowest BCUT2D eigenvalue weighted by molar-refractivity contribution is 0.384. The average molecular weight is 261 g/mol. The molecule has 1 aromatic carbocycles. The van der Waals surface area contributed by atoms with Crippen molar-refractivity contribution in [2.45, 2.75) is 37.6 Å². The van der Waals surface area contributed by atoms with Gasteiger partial charge in [0.2, 0.25) is 0 Å². The molecule has 2 N–H and O–H groups in total. The van der Waals surface area contributed by atoms with Crippen molar-refractivity contribution >= 4 is 11.8 Å². The van der Waals surface area contributed by atoms with Gasteiger partial charge in [-0.25, -0.2) is 0 Å². The van der Waals surface area contributed by atoms with Crippen molar-refractivity contribution in [3.63, 3.8) is 0 Å². The van der Waals surface area contributed by atoms with Crippen molar-refractivity contribution in [2.75, 3.05) is 11.5 Å². The number of benzene rings is 1. The Kier molecular flexibility index (Phi) is 3.95. The van der Waals surface area contributed by atoms with Crippen LogP contribution in [-0.2, 0) is 0 Å². The van der Waals surface area contributed by atoms with Crippen LogP contribution in [0.2, 0.25) is 0 Å². The van der Waals surface area contributed by atoms with Gasteiger partial charge in [-0.05, 0) is 60.5 Å². The summed E-state index contributed by atoms with van der Waals surface area (Å²) in [5.41, 5.74) is 7.93. The van der Waals surface area contributed by atoms with Crippen LogP contribution in [0.5, 0.6) is 0 Å². The van der Waals surface area contributed by atoms with Crippen LogP contribution in [0, 0.1) is 11.8 Å². The molecule has 2 heteroatoms. The minimum Gasteiger partial charge on any atom is -0.327 e. The lowest BCUT2D eigenvalue weighted by Crippen LogP contribution is -2.28. The minimum atomic E-state index is 0.434. The molecule has 18 heavy (non-hydrogen) atoms. The third kappa shape index (κ3) is 2.92. The molecule has 0 amide bonds. The second-order valence-electron chi connectivity index (χ2n) is 5.87. The summed E-state index contributed by atoms with van der Waals surface area (Å²) in [7, 11) is 0. The number of thioether (sulfide) groups is 1. The summed E-state index contributed by atoms with van der Waals surface area (Å²) in [4.78, 5) is 0. The van der Waals surface area contributed by atoms with Crippen molar-refractivity contribution in [1.82, 2.24) is 0 Å². The zero-order valence-corrected chi connectivity index (χ0v) is 11.7. The Balaban J connectivity index is 1.51. The van der Waals surface area contributed by atoms with E-state index < -0.39 is 0 Å². The van der Waals surface area contributed by atoms with Crippen molar-refractivity contribution in [3.05, 3.63) is 35.9 Å². The number of hydrogen-bond donors (Lipinski definition) is 1. The number of rotatable bonds is 4. The van der Waals surface area contributed by atoms with Gasteiger partial charge in [-0.15, -0.1) is 0 Å². The molecule has 3 atom stereocenters. The molecule has 0 radical (unpaired) electrons. The maximum absolute atomic E-state index is 6.43. The van der Waals surface area contributed by atoms with Gasteiger partial charge in [0.05, 0.1) is 0 Å². The normalized spacial score (nSPS) is 30.1. The molecule has 1 aliphatic heterocycles. The quantitative estimate of drug-likeness (QED) is 0.895. The van der Waals surface area contributed by atoms with E-state index in [2.05, 4.69) is 42.1 Å². The van der Waals surface area contributed by atoms with E-state index in [9.17, 15) is 0 Å². The molecule has 1 nitrogen and oxygen atoms in total. The van der Waals surface area contributed by atoms with Crippen LogP contribution in [-0.4, -0.2) is 17.5 Å². The molecule has 1 saturated heterocycles. The van der Waals surface area contributed by atoms with Gasteiger partial charge in [0, 0.05) is 6.04 Å². The van der Waals surface area contributed by atoms with Crippen LogP contribution in [0.1, 0.15) is 37.2 Å². The third-order valence-corrected chi connectivity index (χ3v) is 5.61. The number of hydrogen-bond acceptors (Lipinski definition) is 2. The number of nitrogens with two attached hydrogens (primary N) is 1. The second kappa shape index (κ2) is 5.66. The van der Waals surface area contributed by atoms with Gasteiger partial charge in [-0.2, -0.15) is 11.8 Å². The summed E-state index contributed by atoms with van der Waals surface area (Å²) < 4.78 is 0. The van der Waals surface area contributed by atoms with Gasteiger partial charge in [0.1, 0.15) is 0 Å². The first-order valence-corrected chi connectivity index (χ1v) is 8.38. The first-order chi connectivity index (χ1) is 8.84. The Morgan fingerprint density at radius 2 is 1.89 bits per heavy atom. The molecule has 0 spiro atoms. The molecule has 2 fully saturated rings. The van der Waals surface area contributed by atoms with E-state index in [1.165, 1.54) is 42.8 Å². The van der Waals surface area contributed by atoms with E-state index in [0.29, 0.717) is 6.04 Å². The second-order valence-corrected chi connectivity index (χ2v) is 7.10. The minimum absolute atomic E-state index is 0.434. The lowest BCUT2D eigenvalue weighted by Gasteiger charge is -2.24. The Labute approximate surface area is 115 Å². The summed E-state index contributed by atoms with van der Waals surface area (Å²) in [6.45, 7) is 0. The topological polar surface area (TPSA) is 26.0 Å².